The van der Waals surface area contributed by atoms with E-state index in [0.717, 1.165) is 30.5 Å². The molecule has 1 aromatic carbocycles. The van der Waals surface area contributed by atoms with Crippen LogP contribution in [0.5, 0.6) is 0 Å². The van der Waals surface area contributed by atoms with Crippen LogP contribution in [0.4, 0.5) is 15.6 Å². The number of carbonyl (C=O) groups excluding carboxylic acids is 3. The van der Waals surface area contributed by atoms with Gasteiger partial charge >= 0.3 is 6.03 Å². The van der Waals surface area contributed by atoms with E-state index < -0.39 is 0 Å². The molecule has 1 aromatic heterocycles. The summed E-state index contributed by atoms with van der Waals surface area (Å²) in [5, 5.41) is 3.45. The quantitative estimate of drug-likeness (QED) is 0.723. The van der Waals surface area contributed by atoms with Gasteiger partial charge in [-0.25, -0.2) is 14.7 Å². The van der Waals surface area contributed by atoms with E-state index in [1.54, 1.807) is 0 Å². The maximum atomic E-state index is 13.1. The molecule has 2 atom stereocenters. The number of rotatable bonds is 2. The minimum Gasteiger partial charge on any atom is -0.321 e. The lowest BCUT2D eigenvalue weighted by Gasteiger charge is -2.39. The molecule has 158 valence electrons. The Morgan fingerprint density at radius 2 is 1.90 bits per heavy atom. The number of aromatic nitrogens is 1. The van der Waals surface area contributed by atoms with Gasteiger partial charge in [-0.1, -0.05) is 32.1 Å². The van der Waals surface area contributed by atoms with Crippen LogP contribution < -0.4 is 10.2 Å². The molecule has 2 saturated heterocycles. The predicted octanol–water partition coefficient (Wildman–Crippen LogP) is 4.38. The molecule has 2 aromatic rings. The highest BCUT2D eigenvalue weighted by molar-refractivity contribution is 7.22. The van der Waals surface area contributed by atoms with Crippen LogP contribution in [0.15, 0.2) is 18.2 Å². The molecule has 30 heavy (non-hydrogen) atoms. The predicted molar refractivity (Wildman–Crippen MR) is 117 cm³/mol. The van der Waals surface area contributed by atoms with Crippen molar-refractivity contribution in [3.63, 3.8) is 0 Å². The SMILES string of the molecule is CC1(C)C[C@H]2C[C@@](C)(CN2C(=O)Nc2ccc3nc(N4C(=O)CCC4=O)sc3c2)C1. The van der Waals surface area contributed by atoms with Gasteiger partial charge in [0.25, 0.3) is 0 Å². The summed E-state index contributed by atoms with van der Waals surface area (Å²) in [6.45, 7) is 7.67. The Morgan fingerprint density at radius 1 is 1.17 bits per heavy atom. The van der Waals surface area contributed by atoms with Gasteiger partial charge in [0.1, 0.15) is 0 Å². The van der Waals surface area contributed by atoms with E-state index in [4.69, 9.17) is 0 Å². The Balaban J connectivity index is 1.35. The van der Waals surface area contributed by atoms with Gasteiger partial charge in [0.2, 0.25) is 11.8 Å². The van der Waals surface area contributed by atoms with Gasteiger partial charge < -0.3 is 10.2 Å². The number of anilines is 2. The Hall–Kier alpha value is -2.48. The van der Waals surface area contributed by atoms with Crippen LogP contribution in [0.2, 0.25) is 0 Å². The van der Waals surface area contributed by atoms with Crippen molar-refractivity contribution in [1.82, 2.24) is 9.88 Å². The van der Waals surface area contributed by atoms with Crippen molar-refractivity contribution in [3.8, 4) is 0 Å². The second-order valence-electron chi connectivity index (χ2n) is 10.1. The van der Waals surface area contributed by atoms with Gasteiger partial charge in [-0.3, -0.25) is 9.59 Å². The number of likely N-dealkylation sites (tertiary alicyclic amines) is 1. The minimum absolute atomic E-state index is 0.0598. The number of thiazole rings is 1. The number of hydrogen-bond acceptors (Lipinski definition) is 5. The van der Waals surface area contributed by atoms with Gasteiger partial charge in [-0.05, 0) is 48.3 Å². The van der Waals surface area contributed by atoms with Crippen LogP contribution in [-0.2, 0) is 9.59 Å². The second-order valence-corrected chi connectivity index (χ2v) is 11.1. The first-order valence-electron chi connectivity index (χ1n) is 10.5. The van der Waals surface area contributed by atoms with Crippen molar-refractivity contribution in [2.45, 2.75) is 58.9 Å². The molecule has 1 saturated carbocycles. The maximum absolute atomic E-state index is 13.1. The molecule has 2 bridgehead atoms. The van der Waals surface area contributed by atoms with E-state index in [0.29, 0.717) is 16.3 Å². The third-order valence-corrected chi connectivity index (χ3v) is 7.55. The second kappa shape index (κ2) is 6.51. The molecule has 8 heteroatoms. The van der Waals surface area contributed by atoms with Gasteiger partial charge in [0.05, 0.1) is 10.2 Å². The fourth-order valence-corrected chi connectivity index (χ4v) is 6.81. The number of benzene rings is 1. The first-order valence-corrected chi connectivity index (χ1v) is 11.3. The number of carbonyl (C=O) groups is 3. The molecule has 3 fully saturated rings. The van der Waals surface area contributed by atoms with Crippen molar-refractivity contribution < 1.29 is 14.4 Å². The molecular weight excluding hydrogens is 400 g/mol. The zero-order chi connectivity index (χ0) is 21.3. The summed E-state index contributed by atoms with van der Waals surface area (Å²) in [5.74, 6) is -0.409. The maximum Gasteiger partial charge on any atom is 0.322 e. The smallest absolute Gasteiger partial charge is 0.321 e. The van der Waals surface area contributed by atoms with E-state index in [2.05, 4.69) is 31.1 Å². The fraction of sp³-hybridized carbons (Fsp3) is 0.545. The normalized spacial score (nSPS) is 27.9. The van der Waals surface area contributed by atoms with Crippen LogP contribution in [0, 0.1) is 10.8 Å². The zero-order valence-corrected chi connectivity index (χ0v) is 18.3. The number of amides is 4. The summed E-state index contributed by atoms with van der Waals surface area (Å²) in [6, 6.07) is 5.74. The number of nitrogens with one attached hydrogen (secondary N) is 1. The minimum atomic E-state index is -0.204. The van der Waals surface area contributed by atoms with Gasteiger partial charge in [-0.15, -0.1) is 0 Å². The third kappa shape index (κ3) is 3.27. The van der Waals surface area contributed by atoms with Crippen molar-refractivity contribution in [3.05, 3.63) is 18.2 Å². The molecule has 1 N–H and O–H groups in total. The Bertz CT molecular complexity index is 1060. The summed E-state index contributed by atoms with van der Waals surface area (Å²) < 4.78 is 0.837. The van der Waals surface area contributed by atoms with Crippen molar-refractivity contribution in [1.29, 1.82) is 0 Å². The lowest BCUT2D eigenvalue weighted by atomic mass is 9.65. The van der Waals surface area contributed by atoms with Crippen molar-refractivity contribution in [2.24, 2.45) is 10.8 Å². The van der Waals surface area contributed by atoms with Crippen LogP contribution >= 0.6 is 11.3 Å². The topological polar surface area (TPSA) is 82.6 Å². The molecule has 3 heterocycles. The summed E-state index contributed by atoms with van der Waals surface area (Å²) >= 11 is 1.30. The number of imide groups is 1. The highest BCUT2D eigenvalue weighted by Crippen LogP contribution is 2.52. The average Bonchev–Trinajstić information content (AvgIpc) is 3.27. The molecular formula is C22H26N4O3S. The molecule has 5 rings (SSSR count). The molecule has 2 aliphatic heterocycles. The van der Waals surface area contributed by atoms with Crippen LogP contribution in [-0.4, -0.2) is 40.3 Å². The van der Waals surface area contributed by atoms with E-state index in [1.165, 1.54) is 16.2 Å². The number of fused-ring (bicyclic) bond motifs is 3. The Morgan fingerprint density at radius 3 is 2.63 bits per heavy atom. The van der Waals surface area contributed by atoms with Gasteiger partial charge in [0, 0.05) is 31.1 Å². The lowest BCUT2D eigenvalue weighted by molar-refractivity contribution is -0.121. The van der Waals surface area contributed by atoms with Crippen LogP contribution in [0.1, 0.15) is 52.9 Å². The monoisotopic (exact) mass is 426 g/mol. The van der Waals surface area contributed by atoms with Crippen LogP contribution in [0.25, 0.3) is 10.2 Å². The van der Waals surface area contributed by atoms with Crippen molar-refractivity contribution >= 4 is 50.2 Å². The zero-order valence-electron chi connectivity index (χ0n) is 17.5. The summed E-state index contributed by atoms with van der Waals surface area (Å²) in [6.07, 6.45) is 3.72. The summed E-state index contributed by atoms with van der Waals surface area (Å²) in [4.78, 5) is 44.7. The average molecular weight is 427 g/mol. The molecule has 1 aliphatic carbocycles. The first-order chi connectivity index (χ1) is 14.1. The Labute approximate surface area is 179 Å². The van der Waals surface area contributed by atoms with Gasteiger partial charge in [0.15, 0.2) is 5.13 Å². The summed E-state index contributed by atoms with van der Waals surface area (Å²) in [7, 11) is 0. The first kappa shape index (κ1) is 19.5. The molecule has 0 radical (unpaired) electrons. The van der Waals surface area contributed by atoms with E-state index >= 15 is 0 Å². The van der Waals surface area contributed by atoms with E-state index in [-0.39, 0.29) is 47.6 Å². The summed E-state index contributed by atoms with van der Waals surface area (Å²) in [5.41, 5.74) is 1.86. The molecule has 0 unspecified atom stereocenters. The largest absolute Gasteiger partial charge is 0.322 e. The number of urea groups is 1. The number of nitrogens with zero attached hydrogens (tertiary/aromatic N) is 3. The number of hydrogen-bond donors (Lipinski definition) is 1. The Kier molecular flexibility index (Phi) is 4.23. The van der Waals surface area contributed by atoms with Crippen molar-refractivity contribution in [2.75, 3.05) is 16.8 Å². The lowest BCUT2D eigenvalue weighted by Crippen LogP contribution is -2.40. The van der Waals surface area contributed by atoms with E-state index in [1.807, 2.05) is 23.1 Å². The standard InChI is InChI=1S/C22H26N4O3S/c1-21(2)9-14-10-22(3,11-21)12-25(14)19(29)23-13-4-5-15-16(8-13)30-20(24-15)26-17(27)6-7-18(26)28/h4-5,8,14H,6-7,9-12H2,1-3H3,(H,23,29)/t14-,22+/m0/s1. The van der Waals surface area contributed by atoms with Gasteiger partial charge in [-0.2, -0.15) is 0 Å². The third-order valence-electron chi connectivity index (χ3n) is 6.55. The highest BCUT2D eigenvalue weighted by atomic mass is 32.1. The highest BCUT2D eigenvalue weighted by Gasteiger charge is 2.51. The molecule has 3 aliphatic rings. The van der Waals surface area contributed by atoms with Crippen LogP contribution in [0.3, 0.4) is 0 Å². The fourth-order valence-electron chi connectivity index (χ4n) is 5.77. The molecule has 0 spiro atoms. The van der Waals surface area contributed by atoms with E-state index in [9.17, 15) is 14.4 Å². The molecule has 7 nitrogen and oxygen atoms in total. The molecule has 4 amide bonds.